The van der Waals surface area contributed by atoms with Crippen molar-refractivity contribution >= 4 is 0 Å². The van der Waals surface area contributed by atoms with Gasteiger partial charge in [0.25, 0.3) is 0 Å². The minimum atomic E-state index is 0. The molecule has 0 saturated carbocycles. The van der Waals surface area contributed by atoms with Gasteiger partial charge in [-0.15, -0.1) is 18.7 Å². The Morgan fingerprint density at radius 1 is 0.929 bits per heavy atom. The van der Waals surface area contributed by atoms with Gasteiger partial charge in [-0.3, -0.25) is 0 Å². The van der Waals surface area contributed by atoms with Gasteiger partial charge in [-0.25, -0.2) is 0 Å². The Kier molecular flexibility index (Phi) is 7.85. The van der Waals surface area contributed by atoms with Crippen molar-refractivity contribution in [2.75, 3.05) is 13.1 Å². The fraction of sp³-hybridized carbons (Fsp3) is 0.240. The molecule has 28 heavy (non-hydrogen) atoms. The number of nitrogens with one attached hydrogen (secondary N) is 1. The molecule has 3 aromatic carbocycles. The van der Waals surface area contributed by atoms with Gasteiger partial charge in [0.05, 0.1) is 0 Å². The molecule has 1 aliphatic heterocycles. The standard InChI is InChI=1S/C22H19O.C3H6N.Y/c23-19-12-14-21-18(15-19)11-13-20(16-7-3-1-4-8-16)22(21)17-9-5-2-6-10-17;1-2-4-3-1;/h1,3-10,12,14-15,20,22-23H,11,13H2;1,4H,2-3H2;/q2*-1;. The van der Waals surface area contributed by atoms with Crippen molar-refractivity contribution in [1.29, 1.82) is 0 Å². The Bertz CT molecular complexity index is 858. The van der Waals surface area contributed by atoms with Gasteiger partial charge < -0.3 is 16.8 Å². The zero-order valence-corrected chi connectivity index (χ0v) is 18.9. The van der Waals surface area contributed by atoms with Crippen LogP contribution in [0.2, 0.25) is 0 Å². The molecule has 1 aliphatic carbocycles. The minimum absolute atomic E-state index is 0. The first-order valence-electron chi connectivity index (χ1n) is 9.68. The summed E-state index contributed by atoms with van der Waals surface area (Å²) in [5, 5.41) is 12.9. The van der Waals surface area contributed by atoms with Crippen molar-refractivity contribution in [2.24, 2.45) is 0 Å². The van der Waals surface area contributed by atoms with Crippen molar-refractivity contribution in [3.05, 3.63) is 108 Å². The van der Waals surface area contributed by atoms with E-state index in [4.69, 9.17) is 0 Å². The fourth-order valence-corrected chi connectivity index (χ4v) is 4.03. The third-order valence-corrected chi connectivity index (χ3v) is 5.50. The molecule has 2 nitrogen and oxygen atoms in total. The Labute approximate surface area is 193 Å². The maximum atomic E-state index is 9.82. The first kappa shape index (κ1) is 21.2. The van der Waals surface area contributed by atoms with Crippen molar-refractivity contribution < 1.29 is 37.8 Å². The van der Waals surface area contributed by atoms with Crippen LogP contribution in [0.5, 0.6) is 5.75 Å². The van der Waals surface area contributed by atoms with E-state index in [0.717, 1.165) is 25.9 Å². The first-order valence-corrected chi connectivity index (χ1v) is 9.68. The summed E-state index contributed by atoms with van der Waals surface area (Å²) in [5.74, 6) is 1.16. The molecule has 0 amide bonds. The topological polar surface area (TPSA) is 32.3 Å². The van der Waals surface area contributed by atoms with E-state index in [1.165, 1.54) is 22.3 Å². The monoisotopic (exact) mass is 444 g/mol. The maximum absolute atomic E-state index is 9.82. The van der Waals surface area contributed by atoms with Crippen LogP contribution in [0.15, 0.2) is 72.8 Å². The number of fused-ring (bicyclic) bond motifs is 1. The molecule has 2 aliphatic rings. The summed E-state index contributed by atoms with van der Waals surface area (Å²) >= 11 is 0. The summed E-state index contributed by atoms with van der Waals surface area (Å²) in [6.45, 7) is 2.25. The SMILES string of the molecule is Oc1ccc2c(c1)CCC(c1ccccc1)C2c1cc[c-]cc1.[CH-]1CNC1.[Y]. The summed E-state index contributed by atoms with van der Waals surface area (Å²) in [6, 6.07) is 28.1. The second kappa shape index (κ2) is 10.3. The molecule has 0 spiro atoms. The molecular weight excluding hydrogens is 419 g/mol. The molecule has 0 bridgehead atoms. The largest absolute Gasteiger partial charge is 0.508 e. The van der Waals surface area contributed by atoms with E-state index in [-0.39, 0.29) is 32.7 Å². The molecule has 1 saturated heterocycles. The number of aromatic hydroxyl groups is 1. The Hall–Kier alpha value is -1.48. The van der Waals surface area contributed by atoms with Crippen LogP contribution in [0.1, 0.15) is 40.5 Å². The molecule has 1 heterocycles. The summed E-state index contributed by atoms with van der Waals surface area (Å²) in [4.78, 5) is 0. The van der Waals surface area contributed by atoms with Crippen molar-refractivity contribution in [1.82, 2.24) is 5.32 Å². The van der Waals surface area contributed by atoms with Crippen LogP contribution >= 0.6 is 0 Å². The van der Waals surface area contributed by atoms with Crippen molar-refractivity contribution in [3.63, 3.8) is 0 Å². The van der Waals surface area contributed by atoms with Gasteiger partial charge >= 0.3 is 0 Å². The molecule has 141 valence electrons. The molecule has 2 atom stereocenters. The molecule has 1 fully saturated rings. The van der Waals surface area contributed by atoms with Gasteiger partial charge in [0.15, 0.2) is 0 Å². The Morgan fingerprint density at radius 3 is 2.25 bits per heavy atom. The predicted molar refractivity (Wildman–Crippen MR) is 110 cm³/mol. The van der Waals surface area contributed by atoms with Crippen LogP contribution in [-0.2, 0) is 39.1 Å². The molecule has 5 rings (SSSR count). The van der Waals surface area contributed by atoms with Crippen molar-refractivity contribution in [3.8, 4) is 5.75 Å². The number of phenols is 1. The Morgan fingerprint density at radius 2 is 1.61 bits per heavy atom. The molecule has 0 aromatic heterocycles. The second-order valence-electron chi connectivity index (χ2n) is 7.20. The number of aryl methyl sites for hydroxylation is 1. The fourth-order valence-electron chi connectivity index (χ4n) is 4.03. The van der Waals surface area contributed by atoms with Gasteiger partial charge in [-0.1, -0.05) is 36.4 Å². The van der Waals surface area contributed by atoms with Crippen LogP contribution in [0.3, 0.4) is 0 Å². The van der Waals surface area contributed by atoms with E-state index in [1.807, 2.05) is 24.3 Å². The number of hydrogen-bond acceptors (Lipinski definition) is 2. The first-order chi connectivity index (χ1) is 13.3. The van der Waals surface area contributed by atoms with E-state index in [0.29, 0.717) is 17.6 Å². The third kappa shape index (κ3) is 4.92. The van der Waals surface area contributed by atoms with E-state index >= 15 is 0 Å². The van der Waals surface area contributed by atoms with Crippen LogP contribution in [0.25, 0.3) is 0 Å². The van der Waals surface area contributed by atoms with E-state index in [2.05, 4.69) is 66.3 Å². The van der Waals surface area contributed by atoms with Gasteiger partial charge in [-0.2, -0.15) is 30.3 Å². The number of phenolic OH excluding ortho intramolecular Hbond substituents is 1. The van der Waals surface area contributed by atoms with E-state index in [1.54, 1.807) is 0 Å². The Balaban J connectivity index is 0.000000402. The van der Waals surface area contributed by atoms with Crippen molar-refractivity contribution in [2.45, 2.75) is 24.7 Å². The van der Waals surface area contributed by atoms with Gasteiger partial charge in [-0.05, 0) is 53.5 Å². The normalized spacial score (nSPS) is 19.9. The van der Waals surface area contributed by atoms with Crippen LogP contribution in [0.4, 0.5) is 0 Å². The summed E-state index contributed by atoms with van der Waals surface area (Å²) in [6.07, 6.45) is 4.31. The van der Waals surface area contributed by atoms with Crippen LogP contribution in [-0.4, -0.2) is 18.2 Å². The molecule has 3 aromatic rings. The molecule has 2 N–H and O–H groups in total. The van der Waals surface area contributed by atoms with Gasteiger partial charge in [0.2, 0.25) is 0 Å². The van der Waals surface area contributed by atoms with Crippen LogP contribution in [0, 0.1) is 12.5 Å². The number of rotatable bonds is 2. The molecule has 3 heteroatoms. The second-order valence-corrected chi connectivity index (χ2v) is 7.20. The average Bonchev–Trinajstić information content (AvgIpc) is 2.67. The predicted octanol–water partition coefficient (Wildman–Crippen LogP) is 4.85. The quantitative estimate of drug-likeness (QED) is 0.555. The summed E-state index contributed by atoms with van der Waals surface area (Å²) in [7, 11) is 0. The molecular formula is C25H25NOY-2. The summed E-state index contributed by atoms with van der Waals surface area (Å²) < 4.78 is 0. The van der Waals surface area contributed by atoms with Gasteiger partial charge in [0.1, 0.15) is 5.75 Å². The molecule has 1 radical (unpaired) electrons. The number of benzene rings is 3. The third-order valence-electron chi connectivity index (χ3n) is 5.50. The zero-order valence-electron chi connectivity index (χ0n) is 16.0. The minimum Gasteiger partial charge on any atom is -0.508 e. The summed E-state index contributed by atoms with van der Waals surface area (Å²) in [5.41, 5.74) is 5.33. The van der Waals surface area contributed by atoms with E-state index in [9.17, 15) is 5.11 Å². The zero-order chi connectivity index (χ0) is 18.5. The maximum Gasteiger partial charge on any atom is 0.115 e. The number of hydrogen-bond donors (Lipinski definition) is 2. The average molecular weight is 444 g/mol. The molecule has 2 unspecified atom stereocenters. The van der Waals surface area contributed by atoms with E-state index < -0.39 is 0 Å². The van der Waals surface area contributed by atoms with Gasteiger partial charge in [0, 0.05) is 32.7 Å². The van der Waals surface area contributed by atoms with Crippen LogP contribution < -0.4 is 5.32 Å². The smallest absolute Gasteiger partial charge is 0.115 e.